The lowest BCUT2D eigenvalue weighted by Gasteiger charge is -2.23. The molecule has 1 saturated carbocycles. The summed E-state index contributed by atoms with van der Waals surface area (Å²) in [5.41, 5.74) is 0. The van der Waals surface area contributed by atoms with E-state index < -0.39 is 0 Å². The molecule has 0 aliphatic heterocycles. The van der Waals surface area contributed by atoms with Crippen molar-refractivity contribution in [3.8, 4) is 0 Å². The molecular formula is C12H24N2O2. The molecule has 94 valence electrons. The van der Waals surface area contributed by atoms with Crippen molar-refractivity contribution in [1.82, 2.24) is 10.2 Å². The topological polar surface area (TPSA) is 41.6 Å². The highest BCUT2D eigenvalue weighted by Gasteiger charge is 2.18. The van der Waals surface area contributed by atoms with Crippen molar-refractivity contribution in [3.05, 3.63) is 0 Å². The minimum Gasteiger partial charge on any atom is -0.372 e. The highest BCUT2D eigenvalue weighted by atomic mass is 16.5. The van der Waals surface area contributed by atoms with Gasteiger partial charge in [0.1, 0.15) is 6.61 Å². The zero-order valence-corrected chi connectivity index (χ0v) is 10.5. The summed E-state index contributed by atoms with van der Waals surface area (Å²) in [6.07, 6.45) is 5.32. The number of carbonyl (C=O) groups excluding carboxylic acids is 1. The van der Waals surface area contributed by atoms with Gasteiger partial charge in [0, 0.05) is 25.7 Å². The lowest BCUT2D eigenvalue weighted by atomic mass is 10.2. The molecule has 0 radical (unpaired) electrons. The van der Waals surface area contributed by atoms with E-state index in [0.717, 1.165) is 19.1 Å². The fraction of sp³-hybridized carbons (Fsp3) is 0.917. The van der Waals surface area contributed by atoms with E-state index in [-0.39, 0.29) is 12.5 Å². The average Bonchev–Trinajstić information content (AvgIpc) is 2.79. The summed E-state index contributed by atoms with van der Waals surface area (Å²) in [4.78, 5) is 13.6. The van der Waals surface area contributed by atoms with Crippen LogP contribution in [0.3, 0.4) is 0 Å². The minimum absolute atomic E-state index is 0.0123. The summed E-state index contributed by atoms with van der Waals surface area (Å²) in [5, 5.41) is 2.87. The van der Waals surface area contributed by atoms with Gasteiger partial charge < -0.3 is 15.0 Å². The summed E-state index contributed by atoms with van der Waals surface area (Å²) in [6.45, 7) is 4.32. The van der Waals surface area contributed by atoms with Crippen molar-refractivity contribution in [1.29, 1.82) is 0 Å². The van der Waals surface area contributed by atoms with E-state index in [9.17, 15) is 4.79 Å². The van der Waals surface area contributed by atoms with E-state index in [4.69, 9.17) is 4.74 Å². The number of hydrogen-bond acceptors (Lipinski definition) is 3. The van der Waals surface area contributed by atoms with Gasteiger partial charge in [0.25, 0.3) is 0 Å². The van der Waals surface area contributed by atoms with Crippen LogP contribution in [-0.2, 0) is 9.53 Å². The Morgan fingerprint density at radius 1 is 1.44 bits per heavy atom. The molecule has 0 saturated heterocycles. The second kappa shape index (κ2) is 7.63. The van der Waals surface area contributed by atoms with Crippen LogP contribution in [0.1, 0.15) is 32.6 Å². The number of ether oxygens (including phenoxy) is 1. The SMILES string of the molecule is CCOCC(=O)NCCN(C)C1CCCC1. The van der Waals surface area contributed by atoms with E-state index >= 15 is 0 Å². The third kappa shape index (κ3) is 4.94. The standard InChI is InChI=1S/C12H24N2O2/c1-3-16-10-12(15)13-8-9-14(2)11-6-4-5-7-11/h11H,3-10H2,1-2H3,(H,13,15). The Balaban J connectivity index is 2.03. The zero-order chi connectivity index (χ0) is 11.8. The van der Waals surface area contributed by atoms with Crippen LogP contribution < -0.4 is 5.32 Å². The lowest BCUT2D eigenvalue weighted by Crippen LogP contribution is -2.38. The van der Waals surface area contributed by atoms with Gasteiger partial charge in [-0.05, 0) is 26.8 Å². The van der Waals surface area contributed by atoms with Gasteiger partial charge in [0.2, 0.25) is 5.91 Å². The maximum atomic E-state index is 11.3. The van der Waals surface area contributed by atoms with Gasteiger partial charge in [0.15, 0.2) is 0 Å². The highest BCUT2D eigenvalue weighted by molar-refractivity contribution is 5.77. The first-order chi connectivity index (χ1) is 7.74. The predicted molar refractivity (Wildman–Crippen MR) is 64.4 cm³/mol. The van der Waals surface area contributed by atoms with Crippen molar-refractivity contribution in [2.24, 2.45) is 0 Å². The van der Waals surface area contributed by atoms with Gasteiger partial charge in [-0.1, -0.05) is 12.8 Å². The van der Waals surface area contributed by atoms with Crippen LogP contribution >= 0.6 is 0 Å². The molecule has 4 nitrogen and oxygen atoms in total. The Morgan fingerprint density at radius 2 is 2.12 bits per heavy atom. The van der Waals surface area contributed by atoms with Crippen molar-refractivity contribution in [2.75, 3.05) is 33.4 Å². The summed E-state index contributed by atoms with van der Waals surface area (Å²) < 4.78 is 5.03. The second-order valence-corrected chi connectivity index (χ2v) is 4.41. The number of amides is 1. The summed E-state index contributed by atoms with van der Waals surface area (Å²) >= 11 is 0. The monoisotopic (exact) mass is 228 g/mol. The smallest absolute Gasteiger partial charge is 0.246 e. The maximum absolute atomic E-state index is 11.3. The third-order valence-corrected chi connectivity index (χ3v) is 3.17. The van der Waals surface area contributed by atoms with Crippen LogP contribution in [0.5, 0.6) is 0 Å². The zero-order valence-electron chi connectivity index (χ0n) is 10.5. The van der Waals surface area contributed by atoms with Crippen LogP contribution in [0, 0.1) is 0 Å². The summed E-state index contributed by atoms with van der Waals surface area (Å²) in [7, 11) is 2.14. The van der Waals surface area contributed by atoms with E-state index in [0.29, 0.717) is 6.61 Å². The molecule has 16 heavy (non-hydrogen) atoms. The van der Waals surface area contributed by atoms with Gasteiger partial charge in [-0.25, -0.2) is 0 Å². The Morgan fingerprint density at radius 3 is 2.75 bits per heavy atom. The van der Waals surface area contributed by atoms with Gasteiger partial charge >= 0.3 is 0 Å². The molecule has 0 spiro atoms. The van der Waals surface area contributed by atoms with Crippen molar-refractivity contribution >= 4 is 5.91 Å². The summed E-state index contributed by atoms with van der Waals surface area (Å²) in [6, 6.07) is 0.726. The number of nitrogens with one attached hydrogen (secondary N) is 1. The number of carbonyl (C=O) groups is 1. The lowest BCUT2D eigenvalue weighted by molar-refractivity contribution is -0.125. The molecule has 0 aromatic heterocycles. The van der Waals surface area contributed by atoms with Crippen molar-refractivity contribution in [2.45, 2.75) is 38.6 Å². The van der Waals surface area contributed by atoms with E-state index in [1.807, 2.05) is 6.92 Å². The van der Waals surface area contributed by atoms with Crippen molar-refractivity contribution < 1.29 is 9.53 Å². The molecule has 0 aromatic rings. The first-order valence-corrected chi connectivity index (χ1v) is 6.28. The molecule has 1 rings (SSSR count). The van der Waals surface area contributed by atoms with Crippen molar-refractivity contribution in [3.63, 3.8) is 0 Å². The Hall–Kier alpha value is -0.610. The van der Waals surface area contributed by atoms with Gasteiger partial charge in [0.05, 0.1) is 0 Å². The Kier molecular flexibility index (Phi) is 6.42. The number of likely N-dealkylation sites (N-methyl/N-ethyl adjacent to an activating group) is 1. The van der Waals surface area contributed by atoms with Gasteiger partial charge in [-0.15, -0.1) is 0 Å². The molecule has 0 heterocycles. The van der Waals surface area contributed by atoms with Gasteiger partial charge in [-0.3, -0.25) is 4.79 Å². The first-order valence-electron chi connectivity index (χ1n) is 6.28. The summed E-state index contributed by atoms with van der Waals surface area (Å²) in [5.74, 6) is -0.0123. The molecule has 4 heteroatoms. The number of nitrogens with zero attached hydrogens (tertiary/aromatic N) is 1. The first kappa shape index (κ1) is 13.5. The maximum Gasteiger partial charge on any atom is 0.246 e. The highest BCUT2D eigenvalue weighted by Crippen LogP contribution is 2.21. The van der Waals surface area contributed by atoms with E-state index in [1.165, 1.54) is 25.7 Å². The Labute approximate surface area is 98.3 Å². The normalized spacial score (nSPS) is 16.9. The largest absolute Gasteiger partial charge is 0.372 e. The molecule has 1 fully saturated rings. The van der Waals surface area contributed by atoms with Crippen LogP contribution in [0.15, 0.2) is 0 Å². The molecule has 1 N–H and O–H groups in total. The molecule has 0 atom stereocenters. The minimum atomic E-state index is -0.0123. The van der Waals surface area contributed by atoms with Crippen LogP contribution in [-0.4, -0.2) is 50.2 Å². The fourth-order valence-corrected chi connectivity index (χ4v) is 2.15. The van der Waals surface area contributed by atoms with Crippen LogP contribution in [0.25, 0.3) is 0 Å². The van der Waals surface area contributed by atoms with Crippen LogP contribution in [0.4, 0.5) is 0 Å². The predicted octanol–water partition coefficient (Wildman–Crippen LogP) is 1.01. The van der Waals surface area contributed by atoms with E-state index in [2.05, 4.69) is 17.3 Å². The molecule has 0 unspecified atom stereocenters. The quantitative estimate of drug-likeness (QED) is 0.707. The van der Waals surface area contributed by atoms with E-state index in [1.54, 1.807) is 0 Å². The average molecular weight is 228 g/mol. The molecule has 0 bridgehead atoms. The molecule has 1 amide bonds. The second-order valence-electron chi connectivity index (χ2n) is 4.41. The Bertz CT molecular complexity index is 203. The van der Waals surface area contributed by atoms with Crippen LogP contribution in [0.2, 0.25) is 0 Å². The van der Waals surface area contributed by atoms with Gasteiger partial charge in [-0.2, -0.15) is 0 Å². The fourth-order valence-electron chi connectivity index (χ4n) is 2.15. The molecule has 1 aliphatic carbocycles. The number of hydrogen-bond donors (Lipinski definition) is 1. The number of rotatable bonds is 7. The molecule has 0 aromatic carbocycles. The molecular weight excluding hydrogens is 204 g/mol. The molecule has 1 aliphatic rings. The third-order valence-electron chi connectivity index (χ3n) is 3.17.